The number of hydrogen-bond acceptors (Lipinski definition) is 4. The molecule has 2 aromatic carbocycles. The number of benzene rings is 2. The van der Waals surface area contributed by atoms with Crippen LogP contribution in [-0.4, -0.2) is 24.3 Å². The number of ether oxygens (including phenoxy) is 2. The second-order valence-corrected chi connectivity index (χ2v) is 9.04. The zero-order valence-corrected chi connectivity index (χ0v) is 19.9. The fourth-order valence-electron chi connectivity index (χ4n) is 4.78. The van der Waals surface area contributed by atoms with Crippen molar-refractivity contribution in [2.75, 3.05) is 13.2 Å². The first-order valence-electron chi connectivity index (χ1n) is 12.4. The van der Waals surface area contributed by atoms with Gasteiger partial charge in [0, 0.05) is 11.6 Å². The van der Waals surface area contributed by atoms with Gasteiger partial charge >= 0.3 is 5.97 Å². The van der Waals surface area contributed by atoms with E-state index in [4.69, 9.17) is 9.47 Å². The van der Waals surface area contributed by atoms with E-state index < -0.39 is 5.97 Å². The third kappa shape index (κ3) is 7.46. The van der Waals surface area contributed by atoms with Crippen molar-refractivity contribution in [1.82, 2.24) is 0 Å². The molecule has 0 amide bonds. The molecule has 0 spiro atoms. The molecule has 0 bridgehead atoms. The van der Waals surface area contributed by atoms with Gasteiger partial charge in [-0.05, 0) is 60.3 Å². The fourth-order valence-corrected chi connectivity index (χ4v) is 4.78. The molecule has 4 nitrogen and oxygen atoms in total. The Hall–Kier alpha value is -2.59. The number of carbonyl (C=O) groups is 1. The second-order valence-electron chi connectivity index (χ2n) is 9.04. The first-order chi connectivity index (χ1) is 16.1. The molecule has 1 N–H and O–H groups in total. The molecule has 0 aromatic heterocycles. The summed E-state index contributed by atoms with van der Waals surface area (Å²) < 4.78 is 10.9. The fraction of sp³-hybridized carbons (Fsp3) is 0.483. The molecular formula is C29H38O4. The van der Waals surface area contributed by atoms with E-state index in [1.54, 1.807) is 0 Å². The van der Waals surface area contributed by atoms with Gasteiger partial charge in [0.1, 0.15) is 19.0 Å². The van der Waals surface area contributed by atoms with Gasteiger partial charge in [-0.1, -0.05) is 75.6 Å². The van der Waals surface area contributed by atoms with Crippen molar-refractivity contribution in [1.29, 1.82) is 0 Å². The zero-order chi connectivity index (χ0) is 23.5. The predicted octanol–water partition coefficient (Wildman–Crippen LogP) is 6.81. The summed E-state index contributed by atoms with van der Waals surface area (Å²) in [7, 11) is 0. The van der Waals surface area contributed by atoms with Crippen LogP contribution < -0.4 is 4.74 Å². The minimum Gasteiger partial charge on any atom is -0.489 e. The SMILES string of the molecule is C=CC(=O)OCCOc1cc(CO)ccc1-c1ccc(C2CCC(CCCCC)CC2)cc1. The molecule has 0 saturated heterocycles. The van der Waals surface area contributed by atoms with Gasteiger partial charge in [-0.2, -0.15) is 0 Å². The van der Waals surface area contributed by atoms with Gasteiger partial charge in [-0.25, -0.2) is 4.79 Å². The molecule has 4 heteroatoms. The molecule has 2 aromatic rings. The lowest BCUT2D eigenvalue weighted by atomic mass is 9.77. The van der Waals surface area contributed by atoms with Crippen LogP contribution in [0.25, 0.3) is 11.1 Å². The van der Waals surface area contributed by atoms with Gasteiger partial charge in [0.05, 0.1) is 6.61 Å². The maximum atomic E-state index is 11.2. The van der Waals surface area contributed by atoms with Gasteiger partial charge in [0.2, 0.25) is 0 Å². The Kier molecular flexibility index (Phi) is 10.0. The summed E-state index contributed by atoms with van der Waals surface area (Å²) in [6.07, 6.45) is 11.9. The normalized spacial score (nSPS) is 18.0. The Morgan fingerprint density at radius 2 is 1.82 bits per heavy atom. The average molecular weight is 451 g/mol. The van der Waals surface area contributed by atoms with Gasteiger partial charge in [0.25, 0.3) is 0 Å². The Morgan fingerprint density at radius 1 is 1.06 bits per heavy atom. The highest BCUT2D eigenvalue weighted by Crippen LogP contribution is 2.39. The molecule has 1 aliphatic carbocycles. The van der Waals surface area contributed by atoms with Crippen LogP contribution in [0.4, 0.5) is 0 Å². The molecular weight excluding hydrogens is 412 g/mol. The number of hydrogen-bond donors (Lipinski definition) is 1. The van der Waals surface area contributed by atoms with E-state index in [0.29, 0.717) is 11.7 Å². The summed E-state index contributed by atoms with van der Waals surface area (Å²) in [6, 6.07) is 14.6. The number of carbonyl (C=O) groups excluding carboxylic acids is 1. The van der Waals surface area contributed by atoms with E-state index in [0.717, 1.165) is 28.7 Å². The van der Waals surface area contributed by atoms with Crippen molar-refractivity contribution in [3.63, 3.8) is 0 Å². The Balaban J connectivity index is 1.62. The van der Waals surface area contributed by atoms with E-state index in [2.05, 4.69) is 37.8 Å². The van der Waals surface area contributed by atoms with Crippen molar-refractivity contribution < 1.29 is 19.4 Å². The number of aliphatic hydroxyl groups excluding tert-OH is 1. The quantitative estimate of drug-likeness (QED) is 0.219. The third-order valence-corrected chi connectivity index (χ3v) is 6.74. The van der Waals surface area contributed by atoms with Crippen LogP contribution in [-0.2, 0) is 16.1 Å². The number of rotatable bonds is 12. The maximum Gasteiger partial charge on any atom is 0.330 e. The van der Waals surface area contributed by atoms with Crippen molar-refractivity contribution >= 4 is 5.97 Å². The van der Waals surface area contributed by atoms with E-state index in [9.17, 15) is 9.90 Å². The first kappa shape index (κ1) is 25.0. The molecule has 1 fully saturated rings. The lowest BCUT2D eigenvalue weighted by Crippen LogP contribution is -2.13. The van der Waals surface area contributed by atoms with Crippen molar-refractivity contribution in [2.45, 2.75) is 70.8 Å². The first-order valence-corrected chi connectivity index (χ1v) is 12.4. The van der Waals surface area contributed by atoms with Crippen LogP contribution in [0.3, 0.4) is 0 Å². The molecule has 0 aliphatic heterocycles. The second kappa shape index (κ2) is 13.2. The van der Waals surface area contributed by atoms with Crippen LogP contribution in [0.5, 0.6) is 5.75 Å². The molecule has 0 heterocycles. The highest BCUT2D eigenvalue weighted by Gasteiger charge is 2.22. The molecule has 1 aliphatic rings. The molecule has 0 unspecified atom stereocenters. The standard InChI is InChI=1S/C29H38O4/c1-3-5-6-7-22-8-11-24(12-9-22)25-13-15-26(16-14-25)27-17-10-23(21-30)20-28(27)32-18-19-33-29(31)4-2/h4,10,13-17,20,22,24,30H,2-3,5-9,11-12,18-19,21H2,1H3. The third-order valence-electron chi connectivity index (χ3n) is 6.74. The zero-order valence-electron chi connectivity index (χ0n) is 19.9. The van der Waals surface area contributed by atoms with Gasteiger partial charge in [-0.15, -0.1) is 0 Å². The minimum absolute atomic E-state index is 0.0534. The lowest BCUT2D eigenvalue weighted by Gasteiger charge is -2.29. The number of esters is 1. The van der Waals surface area contributed by atoms with Crippen LogP contribution in [0.1, 0.15) is 75.3 Å². The predicted molar refractivity (Wildman–Crippen MR) is 133 cm³/mol. The van der Waals surface area contributed by atoms with E-state index in [1.165, 1.54) is 56.9 Å². The molecule has 1 saturated carbocycles. The Labute approximate surface area is 198 Å². The largest absolute Gasteiger partial charge is 0.489 e. The van der Waals surface area contributed by atoms with Crippen molar-refractivity contribution in [3.05, 3.63) is 66.2 Å². The summed E-state index contributed by atoms with van der Waals surface area (Å²) in [5.74, 6) is 1.79. The number of aliphatic hydroxyl groups is 1. The summed E-state index contributed by atoms with van der Waals surface area (Å²) in [6.45, 7) is 6.00. The van der Waals surface area contributed by atoms with Crippen molar-refractivity contribution in [2.24, 2.45) is 5.92 Å². The van der Waals surface area contributed by atoms with Crippen LogP contribution in [0, 0.1) is 5.92 Å². The van der Waals surface area contributed by atoms with E-state index >= 15 is 0 Å². The average Bonchev–Trinajstić information content (AvgIpc) is 2.87. The summed E-state index contributed by atoms with van der Waals surface area (Å²) in [4.78, 5) is 11.2. The molecule has 0 atom stereocenters. The van der Waals surface area contributed by atoms with Crippen LogP contribution in [0.15, 0.2) is 55.1 Å². The lowest BCUT2D eigenvalue weighted by molar-refractivity contribution is -0.138. The highest BCUT2D eigenvalue weighted by molar-refractivity contribution is 5.81. The molecule has 3 rings (SSSR count). The summed E-state index contributed by atoms with van der Waals surface area (Å²) >= 11 is 0. The number of unbranched alkanes of at least 4 members (excludes halogenated alkanes) is 2. The summed E-state index contributed by atoms with van der Waals surface area (Å²) in [5.41, 5.74) is 4.25. The highest BCUT2D eigenvalue weighted by atomic mass is 16.6. The summed E-state index contributed by atoms with van der Waals surface area (Å²) in [5, 5.41) is 9.52. The monoisotopic (exact) mass is 450 g/mol. The molecule has 33 heavy (non-hydrogen) atoms. The molecule has 0 radical (unpaired) electrons. The van der Waals surface area contributed by atoms with Gasteiger partial charge in [-0.3, -0.25) is 0 Å². The van der Waals surface area contributed by atoms with E-state index in [1.807, 2.05) is 18.2 Å². The molecule has 178 valence electrons. The van der Waals surface area contributed by atoms with E-state index in [-0.39, 0.29) is 19.8 Å². The minimum atomic E-state index is -0.464. The maximum absolute atomic E-state index is 11.2. The van der Waals surface area contributed by atoms with Gasteiger partial charge in [0.15, 0.2) is 0 Å². The van der Waals surface area contributed by atoms with Crippen molar-refractivity contribution in [3.8, 4) is 16.9 Å². The van der Waals surface area contributed by atoms with Gasteiger partial charge < -0.3 is 14.6 Å². The Morgan fingerprint density at radius 3 is 2.48 bits per heavy atom. The van der Waals surface area contributed by atoms with Crippen LogP contribution in [0.2, 0.25) is 0 Å². The smallest absolute Gasteiger partial charge is 0.330 e. The van der Waals surface area contributed by atoms with Crippen LogP contribution >= 0.6 is 0 Å². The Bertz CT molecular complexity index is 879. The topological polar surface area (TPSA) is 55.8 Å².